The molecule has 4 N–H and O–H groups in total. The van der Waals surface area contributed by atoms with Crippen LogP contribution in [-0.4, -0.2) is 40.1 Å². The first kappa shape index (κ1) is 14.2. The number of aliphatic hydroxyl groups is 1. The van der Waals surface area contributed by atoms with Gasteiger partial charge in [-0.15, -0.1) is 0 Å². The molecule has 2 heterocycles. The van der Waals surface area contributed by atoms with Crippen molar-refractivity contribution >= 4 is 27.7 Å². The summed E-state index contributed by atoms with van der Waals surface area (Å²) >= 11 is 3.30. The minimum Gasteiger partial charge on any atom is -0.393 e. The summed E-state index contributed by atoms with van der Waals surface area (Å²) in [5.41, 5.74) is 2.86. The summed E-state index contributed by atoms with van der Waals surface area (Å²) in [4.78, 5) is 18.3. The minimum absolute atomic E-state index is 0.0760. The molecule has 7 heteroatoms. The highest BCUT2D eigenvalue weighted by Crippen LogP contribution is 2.23. The Balaban J connectivity index is 2.22. The number of likely N-dealkylation sites (tertiary alicyclic amines) is 1. The number of rotatable bonds is 2. The number of nitrogens with two attached hydrogens (primary N) is 1. The van der Waals surface area contributed by atoms with Crippen LogP contribution in [0.15, 0.2) is 16.7 Å². The fourth-order valence-corrected chi connectivity index (χ4v) is 2.54. The van der Waals surface area contributed by atoms with Gasteiger partial charge in [-0.2, -0.15) is 0 Å². The van der Waals surface area contributed by atoms with Crippen LogP contribution in [0.2, 0.25) is 0 Å². The second-order valence-electron chi connectivity index (χ2n) is 4.78. The number of hydrogen-bond acceptors (Lipinski definition) is 5. The number of pyridine rings is 1. The van der Waals surface area contributed by atoms with E-state index in [2.05, 4.69) is 26.3 Å². The van der Waals surface area contributed by atoms with Crippen molar-refractivity contribution in [3.05, 3.63) is 22.3 Å². The molecule has 0 radical (unpaired) electrons. The Bertz CT molecular complexity index is 483. The van der Waals surface area contributed by atoms with Gasteiger partial charge in [0.15, 0.2) is 5.82 Å². The zero-order valence-electron chi connectivity index (χ0n) is 10.6. The van der Waals surface area contributed by atoms with Crippen LogP contribution in [0.3, 0.4) is 0 Å². The lowest BCUT2D eigenvalue weighted by Crippen LogP contribution is -2.45. The summed E-state index contributed by atoms with van der Waals surface area (Å²) in [6, 6.07) is 1.69. The molecule has 104 valence electrons. The highest BCUT2D eigenvalue weighted by Gasteiger charge is 2.29. The van der Waals surface area contributed by atoms with Crippen molar-refractivity contribution < 1.29 is 9.90 Å². The molecule has 1 fully saturated rings. The highest BCUT2D eigenvalue weighted by molar-refractivity contribution is 9.10. The standard InChI is InChI=1S/C12H17BrN4O2/c1-7-6-17(3-2-10(7)18)12(19)9-4-8(13)5-15-11(9)16-14/h4-5,7,10,18H,2-3,6,14H2,1H3,(H,15,16). The molecule has 6 nitrogen and oxygen atoms in total. The molecule has 1 aliphatic rings. The van der Waals surface area contributed by atoms with Crippen LogP contribution < -0.4 is 11.3 Å². The number of anilines is 1. The summed E-state index contributed by atoms with van der Waals surface area (Å²) in [6.45, 7) is 3.02. The molecule has 0 aromatic carbocycles. The van der Waals surface area contributed by atoms with Crippen LogP contribution >= 0.6 is 15.9 Å². The van der Waals surface area contributed by atoms with Gasteiger partial charge in [0.2, 0.25) is 0 Å². The predicted octanol–water partition coefficient (Wildman–Crippen LogP) is 0.973. The number of piperidine rings is 1. The second-order valence-corrected chi connectivity index (χ2v) is 5.69. The third-order valence-corrected chi connectivity index (χ3v) is 3.80. The molecule has 0 aliphatic carbocycles. The number of hydrogen-bond donors (Lipinski definition) is 3. The monoisotopic (exact) mass is 328 g/mol. The Kier molecular flexibility index (Phi) is 4.38. The number of aliphatic hydroxyl groups excluding tert-OH is 1. The smallest absolute Gasteiger partial charge is 0.257 e. The average Bonchev–Trinajstić information content (AvgIpc) is 2.41. The lowest BCUT2D eigenvalue weighted by molar-refractivity contribution is 0.0298. The van der Waals surface area contributed by atoms with Crippen LogP contribution in [0.25, 0.3) is 0 Å². The molecule has 2 rings (SSSR count). The number of halogens is 1. The Morgan fingerprint density at radius 3 is 3.05 bits per heavy atom. The maximum atomic E-state index is 12.5. The van der Waals surface area contributed by atoms with Gasteiger partial charge >= 0.3 is 0 Å². The molecule has 1 aromatic rings. The van der Waals surface area contributed by atoms with Crippen LogP contribution in [0.5, 0.6) is 0 Å². The SMILES string of the molecule is CC1CN(C(=O)c2cc(Br)cnc2NN)CCC1O. The summed E-state index contributed by atoms with van der Waals surface area (Å²) in [5.74, 6) is 5.68. The van der Waals surface area contributed by atoms with Gasteiger partial charge in [0, 0.05) is 23.8 Å². The van der Waals surface area contributed by atoms with E-state index in [9.17, 15) is 9.90 Å². The van der Waals surface area contributed by atoms with Crippen molar-refractivity contribution in [2.24, 2.45) is 11.8 Å². The fraction of sp³-hybridized carbons (Fsp3) is 0.500. The lowest BCUT2D eigenvalue weighted by atomic mass is 9.96. The Hall–Kier alpha value is -1.18. The van der Waals surface area contributed by atoms with Crippen LogP contribution in [-0.2, 0) is 0 Å². The van der Waals surface area contributed by atoms with E-state index in [1.54, 1.807) is 17.2 Å². The molecule has 0 saturated carbocycles. The van der Waals surface area contributed by atoms with E-state index in [0.717, 1.165) is 4.47 Å². The predicted molar refractivity (Wildman–Crippen MR) is 75.4 cm³/mol. The van der Waals surface area contributed by atoms with Crippen molar-refractivity contribution in [1.29, 1.82) is 0 Å². The van der Waals surface area contributed by atoms with Gasteiger partial charge in [-0.25, -0.2) is 10.8 Å². The van der Waals surface area contributed by atoms with Gasteiger partial charge in [-0.05, 0) is 34.3 Å². The minimum atomic E-state index is -0.336. The van der Waals surface area contributed by atoms with E-state index in [-0.39, 0.29) is 17.9 Å². The van der Waals surface area contributed by atoms with Crippen LogP contribution in [0, 0.1) is 5.92 Å². The van der Waals surface area contributed by atoms with E-state index in [1.807, 2.05) is 6.92 Å². The zero-order chi connectivity index (χ0) is 14.0. The van der Waals surface area contributed by atoms with Crippen molar-refractivity contribution in [3.8, 4) is 0 Å². The third kappa shape index (κ3) is 3.05. The van der Waals surface area contributed by atoms with Gasteiger partial charge in [0.1, 0.15) is 0 Å². The van der Waals surface area contributed by atoms with Gasteiger partial charge in [-0.1, -0.05) is 6.92 Å². The number of nitrogens with one attached hydrogen (secondary N) is 1. The number of carbonyl (C=O) groups excluding carboxylic acids is 1. The average molecular weight is 329 g/mol. The summed E-state index contributed by atoms with van der Waals surface area (Å²) < 4.78 is 0.722. The summed E-state index contributed by atoms with van der Waals surface area (Å²) in [6.07, 6.45) is 1.84. The first-order valence-electron chi connectivity index (χ1n) is 6.12. The number of amides is 1. The molecule has 0 bridgehead atoms. The first-order chi connectivity index (χ1) is 9.02. The quantitative estimate of drug-likeness (QED) is 0.556. The molecule has 1 aliphatic heterocycles. The second kappa shape index (κ2) is 5.85. The molecule has 1 saturated heterocycles. The normalized spacial score (nSPS) is 23.3. The number of hydrazine groups is 1. The van der Waals surface area contributed by atoms with Crippen molar-refractivity contribution in [3.63, 3.8) is 0 Å². The lowest BCUT2D eigenvalue weighted by Gasteiger charge is -2.34. The van der Waals surface area contributed by atoms with Crippen LogP contribution in [0.1, 0.15) is 23.7 Å². The molecule has 1 aromatic heterocycles. The Morgan fingerprint density at radius 1 is 1.68 bits per heavy atom. The van der Waals surface area contributed by atoms with E-state index in [1.165, 1.54) is 0 Å². The van der Waals surface area contributed by atoms with Gasteiger partial charge in [0.05, 0.1) is 11.7 Å². The first-order valence-corrected chi connectivity index (χ1v) is 6.91. The topological polar surface area (TPSA) is 91.5 Å². The highest BCUT2D eigenvalue weighted by atomic mass is 79.9. The number of carbonyl (C=O) groups is 1. The van der Waals surface area contributed by atoms with Crippen LogP contribution in [0.4, 0.5) is 5.82 Å². The Morgan fingerprint density at radius 2 is 2.42 bits per heavy atom. The molecule has 2 atom stereocenters. The van der Waals surface area contributed by atoms with Crippen molar-refractivity contribution in [2.45, 2.75) is 19.4 Å². The number of nitrogen functional groups attached to an aromatic ring is 1. The summed E-state index contributed by atoms with van der Waals surface area (Å²) in [5, 5.41) is 9.70. The van der Waals surface area contributed by atoms with E-state index in [4.69, 9.17) is 5.84 Å². The molecule has 2 unspecified atom stereocenters. The maximum Gasteiger partial charge on any atom is 0.257 e. The third-order valence-electron chi connectivity index (χ3n) is 3.37. The number of nitrogens with zero attached hydrogens (tertiary/aromatic N) is 2. The fourth-order valence-electron chi connectivity index (χ4n) is 2.21. The van der Waals surface area contributed by atoms with E-state index < -0.39 is 0 Å². The van der Waals surface area contributed by atoms with Gasteiger partial charge < -0.3 is 15.4 Å². The Labute approximate surface area is 120 Å². The molecular weight excluding hydrogens is 312 g/mol. The molecular formula is C12H17BrN4O2. The zero-order valence-corrected chi connectivity index (χ0v) is 12.2. The molecule has 1 amide bonds. The van der Waals surface area contributed by atoms with E-state index in [0.29, 0.717) is 30.9 Å². The number of aromatic nitrogens is 1. The summed E-state index contributed by atoms with van der Waals surface area (Å²) in [7, 11) is 0. The molecule has 0 spiro atoms. The van der Waals surface area contributed by atoms with Gasteiger partial charge in [0.25, 0.3) is 5.91 Å². The van der Waals surface area contributed by atoms with Crippen molar-refractivity contribution in [1.82, 2.24) is 9.88 Å². The van der Waals surface area contributed by atoms with Crippen molar-refractivity contribution in [2.75, 3.05) is 18.5 Å². The maximum absolute atomic E-state index is 12.5. The van der Waals surface area contributed by atoms with E-state index >= 15 is 0 Å². The van der Waals surface area contributed by atoms with Gasteiger partial charge in [-0.3, -0.25) is 4.79 Å². The largest absolute Gasteiger partial charge is 0.393 e. The molecule has 19 heavy (non-hydrogen) atoms.